The van der Waals surface area contributed by atoms with Gasteiger partial charge in [-0.1, -0.05) is 30.3 Å². The summed E-state index contributed by atoms with van der Waals surface area (Å²) in [6.07, 6.45) is 3.46. The van der Waals surface area contributed by atoms with E-state index in [1.807, 2.05) is 25.1 Å². The zero-order chi connectivity index (χ0) is 11.5. The van der Waals surface area contributed by atoms with Crippen LogP contribution < -0.4 is 0 Å². The Hall–Kier alpha value is -0.860. The van der Waals surface area contributed by atoms with E-state index in [0.717, 1.165) is 39.3 Å². The summed E-state index contributed by atoms with van der Waals surface area (Å²) in [6, 6.07) is 10.3. The van der Waals surface area contributed by atoms with Crippen molar-refractivity contribution in [2.24, 2.45) is 0 Å². The third kappa shape index (κ3) is 6.59. The second-order valence-corrected chi connectivity index (χ2v) is 3.80. The highest BCUT2D eigenvalue weighted by molar-refractivity contribution is 5.13. The Bertz CT molecular complexity index is 246. The summed E-state index contributed by atoms with van der Waals surface area (Å²) in [6.45, 7) is 5.32. The number of rotatable bonds is 9. The van der Waals surface area contributed by atoms with Crippen LogP contribution in [0.15, 0.2) is 30.3 Å². The molecule has 0 unspecified atom stereocenters. The van der Waals surface area contributed by atoms with Gasteiger partial charge in [-0.15, -0.1) is 0 Å². The lowest BCUT2D eigenvalue weighted by Crippen LogP contribution is -1.97. The van der Waals surface area contributed by atoms with E-state index in [4.69, 9.17) is 9.47 Å². The Morgan fingerprint density at radius 1 is 0.875 bits per heavy atom. The minimum atomic E-state index is 0.728. The Morgan fingerprint density at radius 3 is 2.25 bits per heavy atom. The Morgan fingerprint density at radius 2 is 1.56 bits per heavy atom. The highest BCUT2D eigenvalue weighted by atomic mass is 16.5. The average Bonchev–Trinajstić information content (AvgIpc) is 2.34. The number of hydrogen-bond acceptors (Lipinski definition) is 2. The van der Waals surface area contributed by atoms with E-state index in [2.05, 4.69) is 12.1 Å². The maximum atomic E-state index is 5.59. The van der Waals surface area contributed by atoms with Crippen molar-refractivity contribution < 1.29 is 9.47 Å². The van der Waals surface area contributed by atoms with Crippen molar-refractivity contribution in [2.75, 3.05) is 19.8 Å². The Balaban J connectivity index is 1.89. The fourth-order valence-electron chi connectivity index (χ4n) is 1.49. The van der Waals surface area contributed by atoms with Gasteiger partial charge < -0.3 is 9.47 Å². The molecule has 0 saturated heterocycles. The van der Waals surface area contributed by atoms with Crippen LogP contribution in [-0.2, 0) is 16.1 Å². The molecule has 0 aliphatic carbocycles. The predicted molar refractivity (Wildman–Crippen MR) is 66.4 cm³/mol. The Labute approximate surface area is 98.6 Å². The van der Waals surface area contributed by atoms with Crippen molar-refractivity contribution in [3.63, 3.8) is 0 Å². The zero-order valence-corrected chi connectivity index (χ0v) is 10.2. The molecule has 0 fully saturated rings. The molecule has 1 aromatic rings. The maximum absolute atomic E-state index is 5.59. The first-order valence-corrected chi connectivity index (χ1v) is 6.13. The van der Waals surface area contributed by atoms with E-state index in [1.54, 1.807) is 0 Å². The minimum absolute atomic E-state index is 0.728. The van der Waals surface area contributed by atoms with Crippen molar-refractivity contribution in [1.82, 2.24) is 0 Å². The van der Waals surface area contributed by atoms with Crippen LogP contribution >= 0.6 is 0 Å². The molecule has 0 amide bonds. The highest BCUT2D eigenvalue weighted by Gasteiger charge is 1.92. The normalized spacial score (nSPS) is 10.6. The van der Waals surface area contributed by atoms with E-state index in [-0.39, 0.29) is 0 Å². The van der Waals surface area contributed by atoms with Crippen molar-refractivity contribution in [2.45, 2.75) is 32.8 Å². The van der Waals surface area contributed by atoms with E-state index in [1.165, 1.54) is 12.0 Å². The molecule has 0 radical (unpaired) electrons. The van der Waals surface area contributed by atoms with Gasteiger partial charge in [0, 0.05) is 19.8 Å². The molecular weight excluding hydrogens is 200 g/mol. The van der Waals surface area contributed by atoms with Crippen molar-refractivity contribution >= 4 is 0 Å². The quantitative estimate of drug-likeness (QED) is 0.596. The second-order valence-electron chi connectivity index (χ2n) is 3.80. The SMILES string of the molecule is CCOCCCCCOCc1ccccc1. The molecule has 0 atom stereocenters. The molecule has 0 heterocycles. The fraction of sp³-hybridized carbons (Fsp3) is 0.571. The molecule has 0 saturated carbocycles. The molecule has 0 aliphatic rings. The lowest BCUT2D eigenvalue weighted by Gasteiger charge is -2.04. The van der Waals surface area contributed by atoms with E-state index < -0.39 is 0 Å². The topological polar surface area (TPSA) is 18.5 Å². The molecule has 0 aliphatic heterocycles. The third-order valence-corrected chi connectivity index (χ3v) is 2.39. The molecule has 90 valence electrons. The molecule has 0 aromatic heterocycles. The second kappa shape index (κ2) is 9.37. The molecule has 2 nitrogen and oxygen atoms in total. The summed E-state index contributed by atoms with van der Waals surface area (Å²) < 4.78 is 10.9. The van der Waals surface area contributed by atoms with Crippen LogP contribution in [0.1, 0.15) is 31.7 Å². The van der Waals surface area contributed by atoms with Gasteiger partial charge in [-0.25, -0.2) is 0 Å². The smallest absolute Gasteiger partial charge is 0.0716 e. The van der Waals surface area contributed by atoms with Gasteiger partial charge in [0.15, 0.2) is 0 Å². The first-order valence-electron chi connectivity index (χ1n) is 6.13. The standard InChI is InChI=1S/C14H22O2/c1-2-15-11-7-4-8-12-16-13-14-9-5-3-6-10-14/h3,5-6,9-10H,2,4,7-8,11-13H2,1H3. The van der Waals surface area contributed by atoms with Gasteiger partial charge in [0.05, 0.1) is 6.61 Å². The monoisotopic (exact) mass is 222 g/mol. The van der Waals surface area contributed by atoms with Crippen LogP contribution in [0.3, 0.4) is 0 Å². The van der Waals surface area contributed by atoms with E-state index in [0.29, 0.717) is 0 Å². The van der Waals surface area contributed by atoms with Gasteiger partial charge in [0.25, 0.3) is 0 Å². The fourth-order valence-corrected chi connectivity index (χ4v) is 1.49. The van der Waals surface area contributed by atoms with Crippen LogP contribution in [0, 0.1) is 0 Å². The van der Waals surface area contributed by atoms with Crippen LogP contribution in [0.4, 0.5) is 0 Å². The summed E-state index contributed by atoms with van der Waals surface area (Å²) in [7, 11) is 0. The lowest BCUT2D eigenvalue weighted by atomic mass is 10.2. The summed E-state index contributed by atoms with van der Waals surface area (Å²) in [5.41, 5.74) is 1.25. The lowest BCUT2D eigenvalue weighted by molar-refractivity contribution is 0.110. The number of benzene rings is 1. The number of hydrogen-bond donors (Lipinski definition) is 0. The Kier molecular flexibility index (Phi) is 7.74. The van der Waals surface area contributed by atoms with Gasteiger partial charge >= 0.3 is 0 Å². The van der Waals surface area contributed by atoms with Crippen LogP contribution in [0.25, 0.3) is 0 Å². The molecule has 0 spiro atoms. The largest absolute Gasteiger partial charge is 0.382 e. The van der Waals surface area contributed by atoms with Gasteiger partial charge in [-0.2, -0.15) is 0 Å². The first-order chi connectivity index (χ1) is 7.93. The third-order valence-electron chi connectivity index (χ3n) is 2.39. The molecule has 1 aromatic carbocycles. The molecule has 0 N–H and O–H groups in total. The molecule has 2 heteroatoms. The predicted octanol–water partition coefficient (Wildman–Crippen LogP) is 3.41. The van der Waals surface area contributed by atoms with E-state index in [9.17, 15) is 0 Å². The van der Waals surface area contributed by atoms with Gasteiger partial charge in [-0.05, 0) is 31.7 Å². The van der Waals surface area contributed by atoms with Crippen molar-refractivity contribution in [1.29, 1.82) is 0 Å². The van der Waals surface area contributed by atoms with Crippen LogP contribution in [0.2, 0.25) is 0 Å². The maximum Gasteiger partial charge on any atom is 0.0716 e. The summed E-state index contributed by atoms with van der Waals surface area (Å²) in [4.78, 5) is 0. The van der Waals surface area contributed by atoms with Crippen molar-refractivity contribution in [3.8, 4) is 0 Å². The highest BCUT2D eigenvalue weighted by Crippen LogP contribution is 2.02. The van der Waals surface area contributed by atoms with Gasteiger partial charge in [-0.3, -0.25) is 0 Å². The van der Waals surface area contributed by atoms with Crippen LogP contribution in [0.5, 0.6) is 0 Å². The van der Waals surface area contributed by atoms with Gasteiger partial charge in [0.2, 0.25) is 0 Å². The molecule has 1 rings (SSSR count). The number of ether oxygens (including phenoxy) is 2. The first kappa shape index (κ1) is 13.2. The van der Waals surface area contributed by atoms with Gasteiger partial charge in [0.1, 0.15) is 0 Å². The molecule has 16 heavy (non-hydrogen) atoms. The summed E-state index contributed by atoms with van der Waals surface area (Å²) in [5.74, 6) is 0. The van der Waals surface area contributed by atoms with Crippen LogP contribution in [-0.4, -0.2) is 19.8 Å². The van der Waals surface area contributed by atoms with Crippen molar-refractivity contribution in [3.05, 3.63) is 35.9 Å². The molecule has 0 bridgehead atoms. The summed E-state index contributed by atoms with van der Waals surface area (Å²) in [5, 5.41) is 0. The zero-order valence-electron chi connectivity index (χ0n) is 10.2. The minimum Gasteiger partial charge on any atom is -0.382 e. The molecular formula is C14H22O2. The average molecular weight is 222 g/mol. The van der Waals surface area contributed by atoms with E-state index >= 15 is 0 Å². The summed E-state index contributed by atoms with van der Waals surface area (Å²) >= 11 is 0. The number of unbranched alkanes of at least 4 members (excludes halogenated alkanes) is 2.